The molecule has 1 N–H and O–H groups in total. The fraction of sp³-hybridized carbons (Fsp3) is 0.429. The molecule has 1 rings (SSSR count). The van der Waals surface area contributed by atoms with Crippen LogP contribution < -0.4 is 0 Å². The highest BCUT2D eigenvalue weighted by molar-refractivity contribution is 6.08. The van der Waals surface area contributed by atoms with E-state index < -0.39 is 11.9 Å². The first-order valence-corrected chi connectivity index (χ1v) is 5.99. The van der Waals surface area contributed by atoms with Crippen LogP contribution in [0.1, 0.15) is 43.0 Å². The van der Waals surface area contributed by atoms with Crippen LogP contribution in [0.5, 0.6) is 0 Å². The van der Waals surface area contributed by atoms with Gasteiger partial charge in [-0.05, 0) is 6.42 Å². The van der Waals surface area contributed by atoms with Crippen molar-refractivity contribution in [1.82, 2.24) is 0 Å². The second-order valence-electron chi connectivity index (χ2n) is 4.12. The third kappa shape index (κ3) is 4.02. The number of ketones is 1. The topological polar surface area (TPSA) is 54.4 Å². The lowest BCUT2D eigenvalue weighted by Crippen LogP contribution is -2.23. The highest BCUT2D eigenvalue weighted by Gasteiger charge is 2.26. The Kier molecular flexibility index (Phi) is 5.40. The second-order valence-corrected chi connectivity index (χ2v) is 4.12. The molecule has 1 unspecified atom stereocenters. The van der Waals surface area contributed by atoms with Crippen LogP contribution in [0.15, 0.2) is 30.3 Å². The van der Waals surface area contributed by atoms with E-state index in [9.17, 15) is 9.59 Å². The molecule has 1 aromatic rings. The van der Waals surface area contributed by atoms with Gasteiger partial charge in [0, 0.05) is 5.56 Å². The second kappa shape index (κ2) is 6.84. The van der Waals surface area contributed by atoms with Crippen LogP contribution >= 0.6 is 0 Å². The van der Waals surface area contributed by atoms with E-state index in [4.69, 9.17) is 5.11 Å². The van der Waals surface area contributed by atoms with E-state index in [1.807, 2.05) is 6.07 Å². The minimum absolute atomic E-state index is 0.283. The number of carboxylic acids is 1. The van der Waals surface area contributed by atoms with E-state index in [-0.39, 0.29) is 5.78 Å². The van der Waals surface area contributed by atoms with Crippen LogP contribution in [0.25, 0.3) is 0 Å². The van der Waals surface area contributed by atoms with E-state index in [2.05, 4.69) is 6.92 Å². The van der Waals surface area contributed by atoms with Crippen LogP contribution in [0, 0.1) is 5.92 Å². The summed E-state index contributed by atoms with van der Waals surface area (Å²) in [5.41, 5.74) is 0.483. The summed E-state index contributed by atoms with van der Waals surface area (Å²) in [4.78, 5) is 23.1. The van der Waals surface area contributed by atoms with Gasteiger partial charge in [-0.25, -0.2) is 0 Å². The van der Waals surface area contributed by atoms with Crippen LogP contribution in [0.3, 0.4) is 0 Å². The fourth-order valence-electron chi connectivity index (χ4n) is 1.77. The third-order valence-corrected chi connectivity index (χ3v) is 2.77. The van der Waals surface area contributed by atoms with Crippen molar-refractivity contribution in [2.45, 2.75) is 32.6 Å². The lowest BCUT2D eigenvalue weighted by molar-refractivity contribution is -0.140. The van der Waals surface area contributed by atoms with Crippen molar-refractivity contribution in [3.05, 3.63) is 35.9 Å². The van der Waals surface area contributed by atoms with Crippen molar-refractivity contribution in [3.63, 3.8) is 0 Å². The van der Waals surface area contributed by atoms with Crippen molar-refractivity contribution in [2.24, 2.45) is 5.92 Å². The zero-order chi connectivity index (χ0) is 12.7. The highest BCUT2D eigenvalue weighted by atomic mass is 16.4. The maximum Gasteiger partial charge on any atom is 0.314 e. The first-order valence-electron chi connectivity index (χ1n) is 5.99. The van der Waals surface area contributed by atoms with E-state index >= 15 is 0 Å². The normalized spacial score (nSPS) is 12.1. The molecule has 3 nitrogen and oxygen atoms in total. The summed E-state index contributed by atoms with van der Waals surface area (Å²) >= 11 is 0. The van der Waals surface area contributed by atoms with Crippen molar-refractivity contribution in [2.75, 3.05) is 0 Å². The molecule has 0 aliphatic carbocycles. The predicted molar refractivity (Wildman–Crippen MR) is 66.0 cm³/mol. The van der Waals surface area contributed by atoms with Crippen LogP contribution in [-0.2, 0) is 4.79 Å². The summed E-state index contributed by atoms with van der Waals surface area (Å²) < 4.78 is 0. The Labute approximate surface area is 101 Å². The predicted octanol–water partition coefficient (Wildman–Crippen LogP) is 3.15. The summed E-state index contributed by atoms with van der Waals surface area (Å²) in [7, 11) is 0. The summed E-state index contributed by atoms with van der Waals surface area (Å²) in [5, 5.41) is 9.08. The number of hydrogen-bond acceptors (Lipinski definition) is 2. The van der Waals surface area contributed by atoms with E-state index in [1.165, 1.54) is 0 Å². The van der Waals surface area contributed by atoms with Gasteiger partial charge in [-0.15, -0.1) is 0 Å². The lowest BCUT2D eigenvalue weighted by Gasteiger charge is -2.10. The maximum atomic E-state index is 12.0. The Morgan fingerprint density at radius 1 is 1.18 bits per heavy atom. The van der Waals surface area contributed by atoms with Gasteiger partial charge in [-0.3, -0.25) is 9.59 Å². The third-order valence-electron chi connectivity index (χ3n) is 2.77. The van der Waals surface area contributed by atoms with Gasteiger partial charge in [0.25, 0.3) is 0 Å². The molecule has 0 amide bonds. The maximum absolute atomic E-state index is 12.0. The Bertz CT molecular complexity index is 370. The van der Waals surface area contributed by atoms with Gasteiger partial charge >= 0.3 is 5.97 Å². The molecule has 0 bridgehead atoms. The average molecular weight is 234 g/mol. The number of carbonyl (C=O) groups is 2. The number of Topliss-reactive ketones (excluding diaryl/α,β-unsaturated/α-hetero) is 1. The van der Waals surface area contributed by atoms with Crippen molar-refractivity contribution in [1.29, 1.82) is 0 Å². The first kappa shape index (κ1) is 13.4. The number of unbranched alkanes of at least 4 members (excludes halogenated alkanes) is 2. The zero-order valence-electron chi connectivity index (χ0n) is 10.1. The van der Waals surface area contributed by atoms with Gasteiger partial charge in [0.05, 0.1) is 0 Å². The standard InChI is InChI=1S/C14H18O3/c1-2-3-5-10-12(14(16)17)13(15)11-8-6-4-7-9-11/h4,6-9,12H,2-3,5,10H2,1H3,(H,16,17). The molecule has 0 aliphatic heterocycles. The van der Waals surface area contributed by atoms with Crippen LogP contribution in [0.2, 0.25) is 0 Å². The summed E-state index contributed by atoms with van der Waals surface area (Å²) in [6, 6.07) is 8.64. The van der Waals surface area contributed by atoms with E-state index in [0.717, 1.165) is 19.3 Å². The highest BCUT2D eigenvalue weighted by Crippen LogP contribution is 2.16. The number of rotatable bonds is 7. The van der Waals surface area contributed by atoms with Gasteiger partial charge in [-0.1, -0.05) is 56.5 Å². The van der Waals surface area contributed by atoms with E-state index in [0.29, 0.717) is 12.0 Å². The summed E-state index contributed by atoms with van der Waals surface area (Å²) in [5.74, 6) is -2.20. The molecule has 1 atom stereocenters. The molecular weight excluding hydrogens is 216 g/mol. The molecule has 0 radical (unpaired) electrons. The Hall–Kier alpha value is -1.64. The number of benzene rings is 1. The van der Waals surface area contributed by atoms with Crippen LogP contribution in [0.4, 0.5) is 0 Å². The smallest absolute Gasteiger partial charge is 0.314 e. The summed E-state index contributed by atoms with van der Waals surface area (Å²) in [6.07, 6.45) is 3.20. The number of carbonyl (C=O) groups excluding carboxylic acids is 1. The zero-order valence-corrected chi connectivity index (χ0v) is 10.1. The van der Waals surface area contributed by atoms with Crippen molar-refractivity contribution < 1.29 is 14.7 Å². The number of carboxylic acid groups (broad SMARTS) is 1. The Morgan fingerprint density at radius 3 is 2.35 bits per heavy atom. The largest absolute Gasteiger partial charge is 0.481 e. The van der Waals surface area contributed by atoms with Crippen LogP contribution in [-0.4, -0.2) is 16.9 Å². The molecule has 0 spiro atoms. The van der Waals surface area contributed by atoms with Gasteiger partial charge in [0.15, 0.2) is 5.78 Å². The first-order chi connectivity index (χ1) is 8.16. The lowest BCUT2D eigenvalue weighted by atomic mass is 9.92. The molecule has 0 heterocycles. The van der Waals surface area contributed by atoms with Crippen molar-refractivity contribution >= 4 is 11.8 Å². The number of aliphatic carboxylic acids is 1. The van der Waals surface area contributed by atoms with Gasteiger partial charge < -0.3 is 5.11 Å². The molecule has 0 fully saturated rings. The molecule has 0 aromatic heterocycles. The van der Waals surface area contributed by atoms with Gasteiger partial charge in [0.1, 0.15) is 5.92 Å². The monoisotopic (exact) mass is 234 g/mol. The van der Waals surface area contributed by atoms with Crippen molar-refractivity contribution in [3.8, 4) is 0 Å². The molecule has 0 saturated heterocycles. The average Bonchev–Trinajstić information content (AvgIpc) is 2.34. The SMILES string of the molecule is CCCCCC(C(=O)O)C(=O)c1ccccc1. The molecule has 92 valence electrons. The quantitative estimate of drug-likeness (QED) is 0.448. The molecular formula is C14H18O3. The summed E-state index contributed by atoms with van der Waals surface area (Å²) in [6.45, 7) is 2.05. The molecule has 0 aliphatic rings. The molecule has 1 aromatic carbocycles. The van der Waals surface area contributed by atoms with Gasteiger partial charge in [-0.2, -0.15) is 0 Å². The Morgan fingerprint density at radius 2 is 1.82 bits per heavy atom. The molecule has 17 heavy (non-hydrogen) atoms. The minimum atomic E-state index is -1.02. The molecule has 3 heteroatoms. The fourth-order valence-corrected chi connectivity index (χ4v) is 1.77. The molecule has 0 saturated carbocycles. The minimum Gasteiger partial charge on any atom is -0.481 e. The van der Waals surface area contributed by atoms with Gasteiger partial charge in [0.2, 0.25) is 0 Å². The number of hydrogen-bond donors (Lipinski definition) is 1. The Balaban J connectivity index is 2.71. The van der Waals surface area contributed by atoms with E-state index in [1.54, 1.807) is 24.3 Å².